The number of rotatable bonds is 5. The van der Waals surface area contributed by atoms with E-state index in [4.69, 9.17) is 14.2 Å². The Balaban J connectivity index is 1.76. The molecule has 0 aromatic heterocycles. The molecule has 3 atom stereocenters. The molecule has 1 fully saturated rings. The van der Waals surface area contributed by atoms with Crippen LogP contribution >= 0.6 is 15.9 Å². The minimum absolute atomic E-state index is 0.147. The molecule has 0 aliphatic carbocycles. The maximum Gasteiger partial charge on any atom is 0.174 e. The Morgan fingerprint density at radius 3 is 2.81 bits per heavy atom. The number of aryl methyl sites for hydroxylation is 1. The van der Waals surface area contributed by atoms with Crippen LogP contribution in [0.5, 0.6) is 11.5 Å². The predicted octanol–water partition coefficient (Wildman–Crippen LogP) is 5.66. The average molecular weight is 432 g/mol. The molecule has 1 N–H and O–H groups in total. The van der Waals surface area contributed by atoms with E-state index in [-0.39, 0.29) is 12.1 Å². The van der Waals surface area contributed by atoms with E-state index in [1.54, 1.807) is 7.11 Å². The lowest BCUT2D eigenvalue weighted by atomic mass is 9.80. The molecule has 2 aliphatic rings. The highest BCUT2D eigenvalue weighted by atomic mass is 79.9. The molecule has 2 heterocycles. The van der Waals surface area contributed by atoms with Gasteiger partial charge in [0.25, 0.3) is 0 Å². The molecule has 4 rings (SSSR count). The van der Waals surface area contributed by atoms with Gasteiger partial charge in [0.1, 0.15) is 0 Å². The highest BCUT2D eigenvalue weighted by molar-refractivity contribution is 9.10. The van der Waals surface area contributed by atoms with Crippen LogP contribution in [0.2, 0.25) is 0 Å². The van der Waals surface area contributed by atoms with Gasteiger partial charge in [0, 0.05) is 23.8 Å². The molecule has 2 aromatic rings. The van der Waals surface area contributed by atoms with Crippen LogP contribution in [0.3, 0.4) is 0 Å². The van der Waals surface area contributed by atoms with Crippen molar-refractivity contribution in [1.82, 2.24) is 0 Å². The number of fused-ring (bicyclic) bond motifs is 3. The van der Waals surface area contributed by atoms with Crippen molar-refractivity contribution >= 4 is 21.6 Å². The van der Waals surface area contributed by atoms with Gasteiger partial charge in [-0.15, -0.1) is 0 Å². The van der Waals surface area contributed by atoms with Crippen LogP contribution in [0.1, 0.15) is 49.1 Å². The molecule has 2 aromatic carbocycles. The first-order chi connectivity index (χ1) is 13.2. The normalized spacial score (nSPS) is 23.3. The molecule has 0 amide bonds. The zero-order valence-corrected chi connectivity index (χ0v) is 17.6. The summed E-state index contributed by atoms with van der Waals surface area (Å²) >= 11 is 3.65. The van der Waals surface area contributed by atoms with Crippen LogP contribution in [0, 0.1) is 5.92 Å². The number of methoxy groups -OCH3 is 1. The van der Waals surface area contributed by atoms with E-state index in [1.165, 1.54) is 22.4 Å². The van der Waals surface area contributed by atoms with Crippen molar-refractivity contribution in [1.29, 1.82) is 0 Å². The van der Waals surface area contributed by atoms with Gasteiger partial charge in [0.05, 0.1) is 30.3 Å². The van der Waals surface area contributed by atoms with Gasteiger partial charge in [-0.2, -0.15) is 0 Å². The Hall–Kier alpha value is -1.72. The van der Waals surface area contributed by atoms with E-state index < -0.39 is 0 Å². The van der Waals surface area contributed by atoms with Crippen molar-refractivity contribution in [3.8, 4) is 11.5 Å². The molecule has 2 aliphatic heterocycles. The van der Waals surface area contributed by atoms with Crippen molar-refractivity contribution in [2.75, 3.05) is 25.6 Å². The van der Waals surface area contributed by atoms with Crippen molar-refractivity contribution in [2.45, 2.75) is 38.8 Å². The van der Waals surface area contributed by atoms with Crippen LogP contribution in [0.25, 0.3) is 0 Å². The molecule has 4 nitrogen and oxygen atoms in total. The minimum atomic E-state index is 0.147. The summed E-state index contributed by atoms with van der Waals surface area (Å²) in [6, 6.07) is 11.1. The number of anilines is 1. The summed E-state index contributed by atoms with van der Waals surface area (Å²) in [6.07, 6.45) is 2.23. The number of hydrogen-bond acceptors (Lipinski definition) is 4. The maximum atomic E-state index is 6.18. The second kappa shape index (κ2) is 7.72. The van der Waals surface area contributed by atoms with Crippen molar-refractivity contribution in [2.24, 2.45) is 5.92 Å². The van der Waals surface area contributed by atoms with Gasteiger partial charge in [-0.25, -0.2) is 0 Å². The molecule has 5 heteroatoms. The quantitative estimate of drug-likeness (QED) is 0.662. The average Bonchev–Trinajstić information content (AvgIpc) is 3.17. The fourth-order valence-corrected chi connectivity index (χ4v) is 4.92. The first-order valence-corrected chi connectivity index (χ1v) is 10.5. The van der Waals surface area contributed by atoms with E-state index in [2.05, 4.69) is 58.5 Å². The van der Waals surface area contributed by atoms with Gasteiger partial charge in [-0.3, -0.25) is 0 Å². The molecular weight excluding hydrogens is 406 g/mol. The summed E-state index contributed by atoms with van der Waals surface area (Å²) in [5.74, 6) is 1.91. The molecule has 0 saturated carbocycles. The largest absolute Gasteiger partial charge is 0.492 e. The first-order valence-electron chi connectivity index (χ1n) is 9.67. The second-order valence-corrected chi connectivity index (χ2v) is 7.96. The summed E-state index contributed by atoms with van der Waals surface area (Å²) in [5, 5.41) is 3.77. The number of hydrogen-bond donors (Lipinski definition) is 1. The lowest BCUT2D eigenvalue weighted by Gasteiger charge is -2.37. The predicted molar refractivity (Wildman–Crippen MR) is 111 cm³/mol. The summed E-state index contributed by atoms with van der Waals surface area (Å²) in [6.45, 7) is 5.58. The van der Waals surface area contributed by atoms with E-state index >= 15 is 0 Å². The third kappa shape index (κ3) is 3.32. The molecule has 0 bridgehead atoms. The minimum Gasteiger partial charge on any atom is -0.492 e. The maximum absolute atomic E-state index is 6.18. The summed E-state index contributed by atoms with van der Waals surface area (Å²) in [7, 11) is 1.67. The highest BCUT2D eigenvalue weighted by Crippen LogP contribution is 2.51. The fraction of sp³-hybridized carbons (Fsp3) is 0.455. The number of halogens is 1. The van der Waals surface area contributed by atoms with Gasteiger partial charge in [-0.1, -0.05) is 19.1 Å². The lowest BCUT2D eigenvalue weighted by Crippen LogP contribution is -2.29. The van der Waals surface area contributed by atoms with Crippen LogP contribution in [-0.2, 0) is 11.2 Å². The molecular formula is C22H26BrNO3. The monoisotopic (exact) mass is 431 g/mol. The van der Waals surface area contributed by atoms with Crippen molar-refractivity contribution in [3.05, 3.63) is 51.5 Å². The number of ether oxygens (including phenoxy) is 3. The molecule has 0 unspecified atom stereocenters. The van der Waals surface area contributed by atoms with Gasteiger partial charge >= 0.3 is 0 Å². The van der Waals surface area contributed by atoms with E-state index in [9.17, 15) is 0 Å². The zero-order chi connectivity index (χ0) is 19.0. The molecule has 144 valence electrons. The third-order valence-corrected chi connectivity index (χ3v) is 6.19. The lowest BCUT2D eigenvalue weighted by molar-refractivity contribution is 0.0828. The SMILES string of the molecule is CCOc1cc([C@@H]2Nc3ccc(CC)cc3[C@H]3OCC[C@H]32)cc(Br)c1OC. The zero-order valence-electron chi connectivity index (χ0n) is 16.0. The standard InChI is InChI=1S/C22H26BrNO3/c1-4-13-6-7-18-16(10-13)21-15(8-9-27-21)20(24-18)14-11-17(23)22(25-3)19(12-14)26-5-2/h6-7,10-12,15,20-21,24H,4-5,8-9H2,1-3H3/t15-,20-,21-/m0/s1. The molecule has 1 saturated heterocycles. The molecule has 27 heavy (non-hydrogen) atoms. The van der Waals surface area contributed by atoms with Crippen LogP contribution < -0.4 is 14.8 Å². The fourth-order valence-electron chi connectivity index (χ4n) is 4.30. The van der Waals surface area contributed by atoms with E-state index in [0.717, 1.165) is 35.4 Å². The van der Waals surface area contributed by atoms with Crippen LogP contribution in [-0.4, -0.2) is 20.3 Å². The summed E-state index contributed by atoms with van der Waals surface area (Å²) < 4.78 is 18.5. The Morgan fingerprint density at radius 2 is 2.07 bits per heavy atom. The van der Waals surface area contributed by atoms with E-state index in [0.29, 0.717) is 12.5 Å². The number of nitrogens with one attached hydrogen (secondary N) is 1. The summed E-state index contributed by atoms with van der Waals surface area (Å²) in [5.41, 5.74) is 5.02. The summed E-state index contributed by atoms with van der Waals surface area (Å²) in [4.78, 5) is 0. The second-order valence-electron chi connectivity index (χ2n) is 7.11. The van der Waals surface area contributed by atoms with Crippen LogP contribution in [0.4, 0.5) is 5.69 Å². The van der Waals surface area contributed by atoms with Gasteiger partial charge in [0.15, 0.2) is 11.5 Å². The number of benzene rings is 2. The van der Waals surface area contributed by atoms with Crippen LogP contribution in [0.15, 0.2) is 34.8 Å². The van der Waals surface area contributed by atoms with Crippen molar-refractivity contribution < 1.29 is 14.2 Å². The smallest absolute Gasteiger partial charge is 0.174 e. The highest BCUT2D eigenvalue weighted by Gasteiger charge is 2.41. The Morgan fingerprint density at radius 1 is 1.22 bits per heavy atom. The first kappa shape index (κ1) is 18.6. The van der Waals surface area contributed by atoms with Gasteiger partial charge in [0.2, 0.25) is 0 Å². The van der Waals surface area contributed by atoms with E-state index in [1.807, 2.05) is 6.92 Å². The van der Waals surface area contributed by atoms with Gasteiger partial charge < -0.3 is 19.5 Å². The Kier molecular flexibility index (Phi) is 5.33. The van der Waals surface area contributed by atoms with Crippen molar-refractivity contribution in [3.63, 3.8) is 0 Å². The topological polar surface area (TPSA) is 39.7 Å². The molecule has 0 spiro atoms. The Labute approximate surface area is 169 Å². The van der Waals surface area contributed by atoms with Gasteiger partial charge in [-0.05, 0) is 65.0 Å². The molecule has 0 radical (unpaired) electrons. The Bertz CT molecular complexity index is 839. The third-order valence-electron chi connectivity index (χ3n) is 5.60.